The molecule has 0 amide bonds. The highest BCUT2D eigenvalue weighted by Crippen LogP contribution is 2.62. The van der Waals surface area contributed by atoms with Crippen LogP contribution in [-0.2, 0) is 0 Å². The summed E-state index contributed by atoms with van der Waals surface area (Å²) < 4.78 is 226. The Morgan fingerprint density at radius 2 is 0.393 bits per heavy atom. The van der Waals surface area contributed by atoms with Crippen LogP contribution in [0, 0.1) is 23.7 Å². The third-order valence-corrected chi connectivity index (χ3v) is 2.96. The molecular weight excluding hydrogens is 462 g/mol. The first-order chi connectivity index (χ1) is 11.7. The minimum Gasteiger partial charge on any atom is -0.170 e. The van der Waals surface area contributed by atoms with Crippen molar-refractivity contribution >= 4 is 0 Å². The van der Waals surface area contributed by atoms with Crippen molar-refractivity contribution < 1.29 is 79.0 Å². The van der Waals surface area contributed by atoms with E-state index in [2.05, 4.69) is 0 Å². The van der Waals surface area contributed by atoms with Crippen LogP contribution in [0.3, 0.4) is 0 Å². The van der Waals surface area contributed by atoms with E-state index in [1.807, 2.05) is 0 Å². The zero-order chi connectivity index (χ0) is 23.3. The van der Waals surface area contributed by atoms with Crippen LogP contribution in [0.2, 0.25) is 0 Å². The van der Waals surface area contributed by atoms with Gasteiger partial charge in [0.2, 0.25) is 0 Å². The van der Waals surface area contributed by atoms with Crippen molar-refractivity contribution in [1.82, 2.24) is 0 Å². The van der Waals surface area contributed by atoms with Gasteiger partial charge in [0, 0.05) is 5.92 Å². The van der Waals surface area contributed by atoms with Crippen LogP contribution in [0.4, 0.5) is 79.0 Å². The summed E-state index contributed by atoms with van der Waals surface area (Å²) in [5.74, 6) is -23.9. The van der Waals surface area contributed by atoms with Crippen LogP contribution >= 0.6 is 0 Å². The molecule has 0 aromatic heterocycles. The van der Waals surface area contributed by atoms with Gasteiger partial charge in [-0.2, -0.15) is 79.0 Å². The molecule has 0 saturated heterocycles. The second kappa shape index (κ2) is 7.21. The molecule has 0 bridgehead atoms. The molecule has 0 atom stereocenters. The van der Waals surface area contributed by atoms with E-state index in [9.17, 15) is 79.0 Å². The lowest BCUT2D eigenvalue weighted by Gasteiger charge is -2.41. The maximum Gasteiger partial charge on any atom is 0.401 e. The molecule has 0 nitrogen and oxygen atoms in total. The van der Waals surface area contributed by atoms with Crippen LogP contribution in [-0.4, -0.2) is 37.1 Å². The molecule has 0 aliphatic heterocycles. The van der Waals surface area contributed by atoms with Gasteiger partial charge in [0.15, 0.2) is 17.8 Å². The van der Waals surface area contributed by atoms with Crippen molar-refractivity contribution in [2.24, 2.45) is 17.8 Å². The third-order valence-electron chi connectivity index (χ3n) is 2.96. The standard InChI is InChI=1S/C10H3F18/c11-5(12,13)2(6(14,15)16)1(3(7(17,18)19)8(20,21)22)4(9(23,24)25)10(26,27)28/h2-4H. The van der Waals surface area contributed by atoms with E-state index >= 15 is 0 Å². The van der Waals surface area contributed by atoms with E-state index in [1.165, 1.54) is 0 Å². The summed E-state index contributed by atoms with van der Waals surface area (Å²) in [5.41, 5.74) is 0. The second-order valence-corrected chi connectivity index (χ2v) is 5.05. The number of hydrogen-bond acceptors (Lipinski definition) is 0. The molecule has 0 saturated carbocycles. The van der Waals surface area contributed by atoms with E-state index in [4.69, 9.17) is 0 Å². The molecule has 0 spiro atoms. The Kier molecular flexibility index (Phi) is 6.89. The van der Waals surface area contributed by atoms with E-state index in [-0.39, 0.29) is 0 Å². The van der Waals surface area contributed by atoms with Crippen molar-refractivity contribution in [2.45, 2.75) is 37.1 Å². The second-order valence-electron chi connectivity index (χ2n) is 5.05. The monoisotopic (exact) mass is 465 g/mol. The van der Waals surface area contributed by atoms with Crippen molar-refractivity contribution in [3.8, 4) is 0 Å². The van der Waals surface area contributed by atoms with Crippen LogP contribution in [0.25, 0.3) is 0 Å². The molecule has 1 radical (unpaired) electrons. The summed E-state index contributed by atoms with van der Waals surface area (Å²) in [7, 11) is 0. The van der Waals surface area contributed by atoms with E-state index in [0.29, 0.717) is 0 Å². The van der Waals surface area contributed by atoms with Gasteiger partial charge in [-0.05, 0) is 0 Å². The van der Waals surface area contributed by atoms with Gasteiger partial charge in [0.25, 0.3) is 0 Å². The Bertz CT molecular complexity index is 387. The third kappa shape index (κ3) is 6.38. The summed E-state index contributed by atoms with van der Waals surface area (Å²) in [6.07, 6.45) is -44.4. The predicted molar refractivity (Wildman–Crippen MR) is 50.0 cm³/mol. The molecule has 0 aromatic carbocycles. The SMILES string of the molecule is FC(F)(F)C([C](C(C(F)(F)F)C(F)(F)F)C(C(F)(F)F)C(F)(F)F)C(F)(F)F. The maximum absolute atomic E-state index is 12.5. The molecule has 0 unspecified atom stereocenters. The average molecular weight is 465 g/mol. The van der Waals surface area contributed by atoms with Crippen LogP contribution < -0.4 is 0 Å². The minimum atomic E-state index is -7.41. The fraction of sp³-hybridized carbons (Fsp3) is 0.900. The first-order valence-corrected chi connectivity index (χ1v) is 6.00. The Balaban J connectivity index is 7.30. The fourth-order valence-electron chi connectivity index (χ4n) is 2.19. The molecule has 0 rings (SSSR count). The molecule has 0 N–H and O–H groups in total. The van der Waals surface area contributed by atoms with Gasteiger partial charge in [0.1, 0.15) is 0 Å². The average Bonchev–Trinajstić information content (AvgIpc) is 2.13. The molecule has 0 aliphatic carbocycles. The Morgan fingerprint density at radius 1 is 0.286 bits per heavy atom. The van der Waals surface area contributed by atoms with Gasteiger partial charge in [0.05, 0.1) is 0 Å². The summed E-state index contributed by atoms with van der Waals surface area (Å²) in [4.78, 5) is 0. The Morgan fingerprint density at radius 3 is 0.464 bits per heavy atom. The topological polar surface area (TPSA) is 0 Å². The smallest absolute Gasteiger partial charge is 0.170 e. The highest BCUT2D eigenvalue weighted by molar-refractivity contribution is 5.18. The van der Waals surface area contributed by atoms with Crippen molar-refractivity contribution in [1.29, 1.82) is 0 Å². The lowest BCUT2D eigenvalue weighted by molar-refractivity contribution is -0.346. The lowest BCUT2D eigenvalue weighted by Crippen LogP contribution is -2.58. The van der Waals surface area contributed by atoms with Crippen molar-refractivity contribution in [3.63, 3.8) is 0 Å². The zero-order valence-corrected chi connectivity index (χ0v) is 12.0. The lowest BCUT2D eigenvalue weighted by atomic mass is 9.70. The van der Waals surface area contributed by atoms with Crippen LogP contribution in [0.5, 0.6) is 0 Å². The predicted octanol–water partition coefficient (Wildman–Crippen LogP) is 6.78. The van der Waals surface area contributed by atoms with Crippen LogP contribution in [0.1, 0.15) is 0 Å². The maximum atomic E-state index is 12.5. The number of rotatable bonds is 3. The minimum absolute atomic E-state index is 4.93. The Hall–Kier alpha value is -1.26. The van der Waals surface area contributed by atoms with E-state index in [0.717, 1.165) is 0 Å². The number of alkyl halides is 18. The molecule has 169 valence electrons. The number of halogens is 18. The van der Waals surface area contributed by atoms with Crippen LogP contribution in [0.15, 0.2) is 0 Å². The van der Waals surface area contributed by atoms with Gasteiger partial charge in [-0.15, -0.1) is 0 Å². The van der Waals surface area contributed by atoms with E-state index in [1.54, 1.807) is 0 Å². The number of hydrogen-bond donors (Lipinski definition) is 0. The van der Waals surface area contributed by atoms with Gasteiger partial charge in [-0.1, -0.05) is 0 Å². The van der Waals surface area contributed by atoms with Crippen molar-refractivity contribution in [2.75, 3.05) is 0 Å². The highest BCUT2D eigenvalue weighted by atomic mass is 19.4. The quantitative estimate of drug-likeness (QED) is 0.403. The summed E-state index contributed by atoms with van der Waals surface area (Å²) >= 11 is 0. The summed E-state index contributed by atoms with van der Waals surface area (Å²) in [5, 5.41) is 0. The first kappa shape index (κ1) is 26.7. The van der Waals surface area contributed by atoms with Gasteiger partial charge >= 0.3 is 37.1 Å². The fourth-order valence-corrected chi connectivity index (χ4v) is 2.19. The summed E-state index contributed by atoms with van der Waals surface area (Å²) in [6.45, 7) is 0. The van der Waals surface area contributed by atoms with Gasteiger partial charge in [-0.3, -0.25) is 0 Å². The van der Waals surface area contributed by atoms with E-state index < -0.39 is 60.7 Å². The molecule has 0 aromatic rings. The van der Waals surface area contributed by atoms with Gasteiger partial charge in [-0.25, -0.2) is 0 Å². The highest BCUT2D eigenvalue weighted by Gasteiger charge is 2.78. The largest absolute Gasteiger partial charge is 0.401 e. The molecular formula is C10H3F18. The molecule has 0 heterocycles. The summed E-state index contributed by atoms with van der Waals surface area (Å²) in [6, 6.07) is 0. The zero-order valence-electron chi connectivity index (χ0n) is 12.0. The molecule has 18 heteroatoms. The molecule has 0 fully saturated rings. The Labute approximate surface area is 141 Å². The van der Waals surface area contributed by atoms with Crippen molar-refractivity contribution in [3.05, 3.63) is 5.92 Å². The first-order valence-electron chi connectivity index (χ1n) is 6.00. The molecule has 28 heavy (non-hydrogen) atoms. The molecule has 0 aliphatic rings. The van der Waals surface area contributed by atoms with Gasteiger partial charge < -0.3 is 0 Å². The normalized spacial score (nSPS) is 16.1.